The lowest BCUT2D eigenvalue weighted by atomic mass is 9.84. The summed E-state index contributed by atoms with van der Waals surface area (Å²) in [6.07, 6.45) is 4.48. The first-order valence-corrected chi connectivity index (χ1v) is 13.9. The molecule has 0 bridgehead atoms. The van der Waals surface area contributed by atoms with E-state index in [1.165, 1.54) is 10.9 Å². The van der Waals surface area contributed by atoms with Crippen LogP contribution in [0.15, 0.2) is 102 Å². The molecule has 7 rings (SSSR count). The summed E-state index contributed by atoms with van der Waals surface area (Å²) < 4.78 is 7.96. The average molecular weight is 530 g/mol. The van der Waals surface area contributed by atoms with E-state index in [9.17, 15) is 5.11 Å². The van der Waals surface area contributed by atoms with Crippen LogP contribution in [0.3, 0.4) is 0 Å². The van der Waals surface area contributed by atoms with Gasteiger partial charge >= 0.3 is 0 Å². The Labute approximate surface area is 232 Å². The summed E-state index contributed by atoms with van der Waals surface area (Å²) in [5.41, 5.74) is 4.20. The Morgan fingerprint density at radius 1 is 0.800 bits per heavy atom. The van der Waals surface area contributed by atoms with Gasteiger partial charge in [-0.1, -0.05) is 84.0 Å². The zero-order valence-electron chi connectivity index (χ0n) is 22.3. The van der Waals surface area contributed by atoms with Crippen LogP contribution in [-0.4, -0.2) is 49.3 Å². The molecule has 1 aliphatic heterocycles. The van der Waals surface area contributed by atoms with Gasteiger partial charge in [0, 0.05) is 41.5 Å². The molecule has 6 aromatic rings. The van der Waals surface area contributed by atoms with Gasteiger partial charge in [0.2, 0.25) is 5.82 Å². The van der Waals surface area contributed by atoms with Gasteiger partial charge in [-0.15, -0.1) is 0 Å². The van der Waals surface area contributed by atoms with Crippen molar-refractivity contribution >= 4 is 21.8 Å². The molecule has 0 saturated carbocycles. The maximum atomic E-state index is 11.2. The van der Waals surface area contributed by atoms with Crippen LogP contribution >= 0.6 is 0 Å². The Balaban J connectivity index is 1.08. The second-order valence-corrected chi connectivity index (χ2v) is 10.6. The Kier molecular flexibility index (Phi) is 6.38. The molecule has 7 heteroatoms. The number of piperidine rings is 1. The number of fused-ring (bicyclic) bond motifs is 3. The first-order chi connectivity index (χ1) is 19.7. The van der Waals surface area contributed by atoms with E-state index < -0.39 is 5.60 Å². The van der Waals surface area contributed by atoms with Gasteiger partial charge in [-0.3, -0.25) is 0 Å². The number of likely N-dealkylation sites (tertiary alicyclic amines) is 1. The number of rotatable bonds is 7. The highest BCUT2D eigenvalue weighted by molar-refractivity contribution is 6.08. The molecule has 0 atom stereocenters. The van der Waals surface area contributed by atoms with E-state index >= 15 is 0 Å². The Morgan fingerprint density at radius 3 is 2.33 bits per heavy atom. The van der Waals surface area contributed by atoms with Crippen molar-refractivity contribution in [1.82, 2.24) is 24.6 Å². The number of aryl methyl sites for hydroxylation is 1. The van der Waals surface area contributed by atoms with E-state index in [1.807, 2.05) is 66.9 Å². The molecule has 0 spiro atoms. The van der Waals surface area contributed by atoms with Crippen LogP contribution in [0.4, 0.5) is 0 Å². The maximum absolute atomic E-state index is 11.2. The van der Waals surface area contributed by atoms with E-state index in [1.54, 1.807) is 0 Å². The lowest BCUT2D eigenvalue weighted by Crippen LogP contribution is -2.43. The highest BCUT2D eigenvalue weighted by Gasteiger charge is 2.33. The molecule has 3 aromatic carbocycles. The van der Waals surface area contributed by atoms with Gasteiger partial charge in [0.05, 0.1) is 17.3 Å². The fraction of sp³-hybridized carbons (Fsp3) is 0.242. The van der Waals surface area contributed by atoms with Crippen molar-refractivity contribution in [3.8, 4) is 23.0 Å². The van der Waals surface area contributed by atoms with Gasteiger partial charge in [0.25, 0.3) is 5.89 Å². The second kappa shape index (κ2) is 10.3. The van der Waals surface area contributed by atoms with E-state index in [2.05, 4.69) is 49.9 Å². The SMILES string of the molecule is OC1(c2ccccc2)CCN(CCCn2c3ccccc3c3cc(-c4nc(-c5ccccc5)no4)ncc32)CC1. The van der Waals surface area contributed by atoms with E-state index in [0.717, 1.165) is 67.5 Å². The minimum absolute atomic E-state index is 0.415. The molecule has 0 radical (unpaired) electrons. The van der Waals surface area contributed by atoms with Gasteiger partial charge in [-0.2, -0.15) is 4.98 Å². The van der Waals surface area contributed by atoms with Crippen molar-refractivity contribution in [1.29, 1.82) is 0 Å². The molecule has 1 aliphatic rings. The third-order valence-electron chi connectivity index (χ3n) is 8.19. The molecule has 7 nitrogen and oxygen atoms in total. The van der Waals surface area contributed by atoms with Crippen molar-refractivity contribution in [2.45, 2.75) is 31.4 Å². The minimum atomic E-state index is -0.714. The number of aromatic nitrogens is 4. The molecular formula is C33H31N5O2. The molecule has 1 N–H and O–H groups in total. The Morgan fingerprint density at radius 2 is 1.52 bits per heavy atom. The smallest absolute Gasteiger partial charge is 0.276 e. The number of aliphatic hydroxyl groups is 1. The van der Waals surface area contributed by atoms with Crippen molar-refractivity contribution in [3.63, 3.8) is 0 Å². The fourth-order valence-electron chi connectivity index (χ4n) is 5.97. The Bertz CT molecular complexity index is 1750. The average Bonchev–Trinajstić information content (AvgIpc) is 3.63. The molecule has 0 amide bonds. The van der Waals surface area contributed by atoms with Gasteiger partial charge in [-0.05, 0) is 43.5 Å². The number of hydrogen-bond donors (Lipinski definition) is 1. The van der Waals surface area contributed by atoms with E-state index in [0.29, 0.717) is 17.4 Å². The maximum Gasteiger partial charge on any atom is 0.276 e. The van der Waals surface area contributed by atoms with Crippen molar-refractivity contribution in [2.75, 3.05) is 19.6 Å². The normalized spacial score (nSPS) is 15.6. The first-order valence-electron chi connectivity index (χ1n) is 13.9. The summed E-state index contributed by atoms with van der Waals surface area (Å²) in [6, 6.07) is 30.5. The molecule has 40 heavy (non-hydrogen) atoms. The lowest BCUT2D eigenvalue weighted by Gasteiger charge is -2.38. The molecular weight excluding hydrogens is 498 g/mol. The summed E-state index contributed by atoms with van der Waals surface area (Å²) in [5, 5.41) is 17.7. The number of para-hydroxylation sites is 1. The number of hydrogen-bond acceptors (Lipinski definition) is 6. The molecule has 0 unspecified atom stereocenters. The van der Waals surface area contributed by atoms with E-state index in [-0.39, 0.29) is 0 Å². The highest BCUT2D eigenvalue weighted by Crippen LogP contribution is 2.34. The molecule has 1 fully saturated rings. The molecule has 1 saturated heterocycles. The van der Waals surface area contributed by atoms with Crippen LogP contribution < -0.4 is 0 Å². The quantitative estimate of drug-likeness (QED) is 0.262. The predicted octanol–water partition coefficient (Wildman–Crippen LogP) is 6.28. The summed E-state index contributed by atoms with van der Waals surface area (Å²) >= 11 is 0. The van der Waals surface area contributed by atoms with Crippen LogP contribution in [0.1, 0.15) is 24.8 Å². The molecule has 0 aliphatic carbocycles. The third kappa shape index (κ3) is 4.57. The Hall–Kier alpha value is -4.33. The summed E-state index contributed by atoms with van der Waals surface area (Å²) in [7, 11) is 0. The first kappa shape index (κ1) is 24.7. The number of benzene rings is 3. The van der Waals surface area contributed by atoms with Crippen LogP contribution in [0.25, 0.3) is 44.8 Å². The molecule has 4 heterocycles. The van der Waals surface area contributed by atoms with Crippen molar-refractivity contribution < 1.29 is 9.63 Å². The largest absolute Gasteiger partial charge is 0.385 e. The standard InChI is InChI=1S/C33H31N5O2/c39-33(25-12-5-2-6-13-25)16-20-37(21-17-33)18-9-19-38-29-15-8-7-14-26(29)27-22-28(34-23-30(27)38)32-35-31(36-40-32)24-10-3-1-4-11-24/h1-8,10-15,22-23,39H,9,16-21H2. The van der Waals surface area contributed by atoms with Crippen LogP contribution in [0, 0.1) is 0 Å². The van der Waals surface area contributed by atoms with Gasteiger partial charge < -0.3 is 19.1 Å². The van der Waals surface area contributed by atoms with Gasteiger partial charge in [0.1, 0.15) is 5.69 Å². The number of pyridine rings is 1. The zero-order chi connectivity index (χ0) is 26.9. The number of nitrogens with zero attached hydrogens (tertiary/aromatic N) is 5. The molecule has 3 aromatic heterocycles. The second-order valence-electron chi connectivity index (χ2n) is 10.6. The highest BCUT2D eigenvalue weighted by atomic mass is 16.5. The van der Waals surface area contributed by atoms with Crippen molar-refractivity contribution in [3.05, 3.63) is 103 Å². The van der Waals surface area contributed by atoms with Gasteiger partial charge in [-0.25, -0.2) is 4.98 Å². The minimum Gasteiger partial charge on any atom is -0.385 e. The van der Waals surface area contributed by atoms with E-state index in [4.69, 9.17) is 9.51 Å². The monoisotopic (exact) mass is 529 g/mol. The van der Waals surface area contributed by atoms with Crippen LogP contribution in [-0.2, 0) is 12.1 Å². The van der Waals surface area contributed by atoms with Crippen molar-refractivity contribution in [2.24, 2.45) is 0 Å². The third-order valence-corrected chi connectivity index (χ3v) is 8.19. The summed E-state index contributed by atoms with van der Waals surface area (Å²) in [4.78, 5) is 11.8. The topological polar surface area (TPSA) is 80.2 Å². The lowest BCUT2D eigenvalue weighted by molar-refractivity contribution is -0.0261. The molecule has 200 valence electrons. The fourth-order valence-corrected chi connectivity index (χ4v) is 5.97. The predicted molar refractivity (Wildman–Crippen MR) is 157 cm³/mol. The van der Waals surface area contributed by atoms with Crippen LogP contribution in [0.2, 0.25) is 0 Å². The van der Waals surface area contributed by atoms with Crippen LogP contribution in [0.5, 0.6) is 0 Å². The zero-order valence-corrected chi connectivity index (χ0v) is 22.3. The summed E-state index contributed by atoms with van der Waals surface area (Å²) in [6.45, 7) is 3.69. The summed E-state index contributed by atoms with van der Waals surface area (Å²) in [5.74, 6) is 0.970. The van der Waals surface area contributed by atoms with Gasteiger partial charge in [0.15, 0.2) is 0 Å².